The number of piperidine rings is 1. The van der Waals surface area contributed by atoms with Gasteiger partial charge in [0.2, 0.25) is 10.0 Å². The number of carbonyl (C=O) groups excluding carboxylic acids is 1. The van der Waals surface area contributed by atoms with Gasteiger partial charge in [0.05, 0.1) is 0 Å². The molecule has 166 valence electrons. The minimum Gasteiger partial charge on any atom is -0.328 e. The number of nitrogens with zero attached hydrogens (tertiary/aromatic N) is 3. The summed E-state index contributed by atoms with van der Waals surface area (Å²) in [6.45, 7) is 0.899. The van der Waals surface area contributed by atoms with Crippen molar-refractivity contribution in [1.82, 2.24) is 8.87 Å². The number of halogens is 1. The topological polar surface area (TPSA) is 71.7 Å². The van der Waals surface area contributed by atoms with Gasteiger partial charge in [-0.25, -0.2) is 12.8 Å². The van der Waals surface area contributed by atoms with E-state index in [-0.39, 0.29) is 29.8 Å². The number of sulfonamides is 1. The fraction of sp³-hybridized carbons (Fsp3) is 0.250. The van der Waals surface area contributed by atoms with Gasteiger partial charge in [-0.3, -0.25) is 4.79 Å². The maximum atomic E-state index is 14.0. The Labute approximate surface area is 186 Å². The fourth-order valence-electron chi connectivity index (χ4n) is 3.82. The molecule has 0 saturated carbocycles. The van der Waals surface area contributed by atoms with Gasteiger partial charge in [-0.1, -0.05) is 48.5 Å². The average molecular weight is 454 g/mol. The molecule has 32 heavy (non-hydrogen) atoms. The second-order valence-electron chi connectivity index (χ2n) is 7.73. The zero-order valence-corrected chi connectivity index (χ0v) is 18.3. The molecule has 0 unspecified atom stereocenters. The van der Waals surface area contributed by atoms with Crippen LogP contribution in [0.25, 0.3) is 0 Å². The Kier molecular flexibility index (Phi) is 6.62. The van der Waals surface area contributed by atoms with E-state index in [2.05, 4.69) is 4.99 Å². The van der Waals surface area contributed by atoms with Crippen molar-refractivity contribution in [3.63, 3.8) is 0 Å². The highest BCUT2D eigenvalue weighted by Gasteiger charge is 2.33. The Morgan fingerprint density at radius 1 is 0.938 bits per heavy atom. The van der Waals surface area contributed by atoms with Gasteiger partial charge in [0, 0.05) is 31.7 Å². The number of aromatic nitrogens is 1. The molecule has 8 heteroatoms. The predicted octanol–water partition coefficient (Wildman–Crippen LogP) is 3.20. The molecule has 1 aromatic heterocycles. The summed E-state index contributed by atoms with van der Waals surface area (Å²) < 4.78 is 42.7. The second-order valence-corrected chi connectivity index (χ2v) is 9.64. The molecule has 6 nitrogen and oxygen atoms in total. The van der Waals surface area contributed by atoms with E-state index < -0.39 is 15.8 Å². The molecule has 0 aliphatic carbocycles. The van der Waals surface area contributed by atoms with Gasteiger partial charge in [0.25, 0.3) is 5.91 Å². The van der Waals surface area contributed by atoms with Crippen molar-refractivity contribution < 1.29 is 17.6 Å². The van der Waals surface area contributed by atoms with Crippen molar-refractivity contribution in [1.29, 1.82) is 0 Å². The minimum absolute atomic E-state index is 0.154. The van der Waals surface area contributed by atoms with E-state index in [0.29, 0.717) is 24.9 Å². The van der Waals surface area contributed by atoms with Crippen LogP contribution in [0.4, 0.5) is 4.39 Å². The largest absolute Gasteiger partial charge is 0.328 e. The molecule has 2 aromatic carbocycles. The van der Waals surface area contributed by atoms with Crippen LogP contribution >= 0.6 is 0 Å². The number of hydrogen-bond acceptors (Lipinski definition) is 3. The molecule has 0 N–H and O–H groups in total. The first-order valence-corrected chi connectivity index (χ1v) is 11.9. The highest BCUT2D eigenvalue weighted by Crippen LogP contribution is 2.25. The lowest BCUT2D eigenvalue weighted by atomic mass is 9.97. The smallest absolute Gasteiger partial charge is 0.250 e. The lowest BCUT2D eigenvalue weighted by Crippen LogP contribution is -2.40. The molecular weight excluding hydrogens is 429 g/mol. The lowest BCUT2D eigenvalue weighted by Gasteiger charge is -2.29. The molecule has 1 aliphatic rings. The van der Waals surface area contributed by atoms with Crippen LogP contribution in [0.15, 0.2) is 88.9 Å². The van der Waals surface area contributed by atoms with Gasteiger partial charge >= 0.3 is 0 Å². The molecule has 0 spiro atoms. The first-order chi connectivity index (χ1) is 15.4. The van der Waals surface area contributed by atoms with Gasteiger partial charge in [-0.2, -0.15) is 9.30 Å². The summed E-state index contributed by atoms with van der Waals surface area (Å²) in [5, 5.41) is 0. The fourth-order valence-corrected chi connectivity index (χ4v) is 5.36. The van der Waals surface area contributed by atoms with E-state index in [0.717, 1.165) is 11.6 Å². The van der Waals surface area contributed by atoms with E-state index in [9.17, 15) is 17.6 Å². The standard InChI is InChI=1S/C24H24FN3O3S/c25-21-10-4-5-11-22(21)32(30,31)28-16-13-20(14-17-28)24(29)26-23-12-6-7-15-27(23)18-19-8-2-1-3-9-19/h1-12,15,20H,13-14,16-18H2. The molecule has 1 amide bonds. The normalized spacial score (nSPS) is 16.2. The van der Waals surface area contributed by atoms with E-state index in [1.165, 1.54) is 22.5 Å². The molecule has 0 bridgehead atoms. The van der Waals surface area contributed by atoms with Gasteiger partial charge in [-0.05, 0) is 42.7 Å². The Balaban J connectivity index is 1.47. The summed E-state index contributed by atoms with van der Waals surface area (Å²) in [6.07, 6.45) is 2.58. The Hall–Kier alpha value is -3.10. The molecule has 1 aliphatic heterocycles. The third kappa shape index (κ3) is 4.87. The van der Waals surface area contributed by atoms with Gasteiger partial charge in [-0.15, -0.1) is 0 Å². The number of hydrogen-bond donors (Lipinski definition) is 0. The van der Waals surface area contributed by atoms with Crippen LogP contribution in [0.2, 0.25) is 0 Å². The predicted molar refractivity (Wildman–Crippen MR) is 118 cm³/mol. The maximum Gasteiger partial charge on any atom is 0.250 e. The van der Waals surface area contributed by atoms with Crippen LogP contribution in [-0.4, -0.2) is 36.3 Å². The highest BCUT2D eigenvalue weighted by molar-refractivity contribution is 7.89. The molecule has 1 fully saturated rings. The van der Waals surface area contributed by atoms with Crippen molar-refractivity contribution in [2.75, 3.05) is 13.1 Å². The van der Waals surface area contributed by atoms with Crippen molar-refractivity contribution in [3.05, 3.63) is 95.9 Å². The minimum atomic E-state index is -3.93. The lowest BCUT2D eigenvalue weighted by molar-refractivity contribution is -0.122. The Morgan fingerprint density at radius 2 is 1.59 bits per heavy atom. The van der Waals surface area contributed by atoms with E-state index in [1.54, 1.807) is 6.07 Å². The molecule has 2 heterocycles. The monoisotopic (exact) mass is 453 g/mol. The van der Waals surface area contributed by atoms with Crippen LogP contribution in [0.5, 0.6) is 0 Å². The van der Waals surface area contributed by atoms with E-state index >= 15 is 0 Å². The van der Waals surface area contributed by atoms with Crippen molar-refractivity contribution in [2.45, 2.75) is 24.3 Å². The van der Waals surface area contributed by atoms with Gasteiger partial charge in [0.1, 0.15) is 16.2 Å². The summed E-state index contributed by atoms with van der Waals surface area (Å²) in [6, 6.07) is 20.7. The van der Waals surface area contributed by atoms with Gasteiger partial charge in [0.15, 0.2) is 0 Å². The Morgan fingerprint density at radius 3 is 2.31 bits per heavy atom. The number of benzene rings is 2. The molecule has 0 radical (unpaired) electrons. The van der Waals surface area contributed by atoms with Crippen LogP contribution in [-0.2, 0) is 21.4 Å². The third-order valence-electron chi connectivity index (χ3n) is 5.59. The summed E-state index contributed by atoms with van der Waals surface area (Å²) in [5.74, 6) is -1.40. The molecular formula is C24H24FN3O3S. The zero-order chi connectivity index (χ0) is 22.6. The van der Waals surface area contributed by atoms with Crippen LogP contribution in [0.3, 0.4) is 0 Å². The number of pyridine rings is 1. The van der Waals surface area contributed by atoms with Crippen molar-refractivity contribution in [2.24, 2.45) is 10.9 Å². The van der Waals surface area contributed by atoms with Crippen molar-refractivity contribution in [3.8, 4) is 0 Å². The molecule has 1 saturated heterocycles. The first-order valence-electron chi connectivity index (χ1n) is 10.5. The molecule has 3 aromatic rings. The van der Waals surface area contributed by atoms with E-state index in [1.807, 2.05) is 53.2 Å². The molecule has 0 atom stereocenters. The maximum absolute atomic E-state index is 14.0. The van der Waals surface area contributed by atoms with Crippen molar-refractivity contribution >= 4 is 15.9 Å². The van der Waals surface area contributed by atoms with Gasteiger partial charge < -0.3 is 4.57 Å². The zero-order valence-electron chi connectivity index (χ0n) is 17.5. The Bertz CT molecular complexity index is 1260. The first kappa shape index (κ1) is 22.1. The van der Waals surface area contributed by atoms with Crippen LogP contribution < -0.4 is 5.49 Å². The van der Waals surface area contributed by atoms with Crippen LogP contribution in [0, 0.1) is 11.7 Å². The second kappa shape index (κ2) is 9.58. The average Bonchev–Trinajstić information content (AvgIpc) is 2.81. The summed E-state index contributed by atoms with van der Waals surface area (Å²) in [5.41, 5.74) is 1.65. The summed E-state index contributed by atoms with van der Waals surface area (Å²) in [7, 11) is -3.93. The summed E-state index contributed by atoms with van der Waals surface area (Å²) >= 11 is 0. The van der Waals surface area contributed by atoms with E-state index in [4.69, 9.17) is 0 Å². The number of carbonyl (C=O) groups is 1. The SMILES string of the molecule is O=C(N=c1ccccn1Cc1ccccc1)C1CCN(S(=O)(=O)c2ccccc2F)CC1. The number of amides is 1. The summed E-state index contributed by atoms with van der Waals surface area (Å²) in [4.78, 5) is 16.8. The number of rotatable bonds is 5. The highest BCUT2D eigenvalue weighted by atomic mass is 32.2. The van der Waals surface area contributed by atoms with Crippen LogP contribution in [0.1, 0.15) is 18.4 Å². The molecule has 4 rings (SSSR count). The third-order valence-corrected chi connectivity index (χ3v) is 7.53. The quantitative estimate of drug-likeness (QED) is 0.596.